The summed E-state index contributed by atoms with van der Waals surface area (Å²) in [5.41, 5.74) is 0.967. The summed E-state index contributed by atoms with van der Waals surface area (Å²) >= 11 is 0.783. The molecule has 142 valence electrons. The molecule has 0 bridgehead atoms. The number of nitrogens with one attached hydrogen (secondary N) is 2. The summed E-state index contributed by atoms with van der Waals surface area (Å²) < 4.78 is 32.3. The minimum Gasteiger partial charge on any atom is -0.492 e. The van der Waals surface area contributed by atoms with Crippen LogP contribution in [0.5, 0.6) is 5.75 Å². The van der Waals surface area contributed by atoms with Crippen molar-refractivity contribution in [3.63, 3.8) is 0 Å². The van der Waals surface area contributed by atoms with Gasteiger partial charge in [-0.25, -0.2) is 13.1 Å². The van der Waals surface area contributed by atoms with Crippen LogP contribution in [0.25, 0.3) is 0 Å². The Labute approximate surface area is 157 Å². The fourth-order valence-electron chi connectivity index (χ4n) is 2.13. The third-order valence-corrected chi connectivity index (χ3v) is 5.93. The second-order valence-corrected chi connectivity index (χ2v) is 9.46. The highest BCUT2D eigenvalue weighted by Gasteiger charge is 2.21. The normalized spacial score (nSPS) is 12.0. The second kappa shape index (κ2) is 8.11. The molecule has 1 aromatic carbocycles. The van der Waals surface area contributed by atoms with E-state index in [1.54, 1.807) is 0 Å². The molecule has 0 unspecified atom stereocenters. The largest absolute Gasteiger partial charge is 0.492 e. The number of amides is 1. The second-order valence-electron chi connectivity index (χ2n) is 6.55. The van der Waals surface area contributed by atoms with Crippen LogP contribution < -0.4 is 14.8 Å². The minimum absolute atomic E-state index is 0.0792. The molecule has 2 aromatic rings. The third-order valence-electron chi connectivity index (χ3n) is 3.27. The van der Waals surface area contributed by atoms with Crippen LogP contribution >= 0.6 is 11.3 Å². The predicted octanol–water partition coefficient (Wildman–Crippen LogP) is 2.15. The molecule has 8 nitrogen and oxygen atoms in total. The summed E-state index contributed by atoms with van der Waals surface area (Å²) in [6.45, 7) is 7.81. The molecule has 26 heavy (non-hydrogen) atoms. The smallest absolute Gasteiger partial charge is 0.269 e. The number of hydrogen-bond donors (Lipinski definition) is 2. The lowest BCUT2D eigenvalue weighted by Gasteiger charge is -2.22. The van der Waals surface area contributed by atoms with Crippen molar-refractivity contribution >= 4 is 32.4 Å². The van der Waals surface area contributed by atoms with Gasteiger partial charge in [-0.15, -0.1) is 10.2 Å². The number of benzene rings is 1. The van der Waals surface area contributed by atoms with Crippen molar-refractivity contribution in [3.05, 3.63) is 29.8 Å². The SMILES string of the molecule is CC(=O)Nc1nnc(S(=O)(=O)NCCOc2ccccc2C(C)(C)C)s1. The van der Waals surface area contributed by atoms with Gasteiger partial charge in [-0.05, 0) is 17.0 Å². The molecule has 0 spiro atoms. The molecular formula is C16H22N4O4S2. The molecular weight excluding hydrogens is 376 g/mol. The molecule has 0 fully saturated rings. The van der Waals surface area contributed by atoms with Gasteiger partial charge in [-0.2, -0.15) is 0 Å². The highest BCUT2D eigenvalue weighted by molar-refractivity contribution is 7.91. The fraction of sp³-hybridized carbons (Fsp3) is 0.438. The summed E-state index contributed by atoms with van der Waals surface area (Å²) in [5, 5.41) is 9.74. The van der Waals surface area contributed by atoms with E-state index in [2.05, 4.69) is 41.0 Å². The number of carbonyl (C=O) groups is 1. The molecule has 1 aromatic heterocycles. The fourth-order valence-corrected chi connectivity index (χ4v) is 4.13. The van der Waals surface area contributed by atoms with Gasteiger partial charge in [0.1, 0.15) is 12.4 Å². The van der Waals surface area contributed by atoms with E-state index in [1.807, 2.05) is 24.3 Å². The summed E-state index contributed by atoms with van der Waals surface area (Å²) in [6.07, 6.45) is 0. The van der Waals surface area contributed by atoms with Crippen molar-refractivity contribution < 1.29 is 17.9 Å². The van der Waals surface area contributed by atoms with Gasteiger partial charge >= 0.3 is 0 Å². The Hall–Kier alpha value is -2.04. The summed E-state index contributed by atoms with van der Waals surface area (Å²) in [6, 6.07) is 7.67. The molecule has 10 heteroatoms. The average Bonchev–Trinajstić information content (AvgIpc) is 2.99. The number of hydrogen-bond acceptors (Lipinski definition) is 7. The van der Waals surface area contributed by atoms with Crippen molar-refractivity contribution in [1.82, 2.24) is 14.9 Å². The van der Waals surface area contributed by atoms with Crippen molar-refractivity contribution in [2.24, 2.45) is 0 Å². The molecule has 0 aliphatic rings. The van der Waals surface area contributed by atoms with Crippen LogP contribution in [0.2, 0.25) is 0 Å². The Kier molecular flexibility index (Phi) is 6.32. The average molecular weight is 399 g/mol. The maximum Gasteiger partial charge on any atom is 0.269 e. The van der Waals surface area contributed by atoms with Crippen molar-refractivity contribution in [3.8, 4) is 5.75 Å². The zero-order valence-electron chi connectivity index (χ0n) is 15.1. The highest BCUT2D eigenvalue weighted by Crippen LogP contribution is 2.30. The Bertz CT molecular complexity index is 872. The van der Waals surface area contributed by atoms with Crippen molar-refractivity contribution in [1.29, 1.82) is 0 Å². The first-order valence-electron chi connectivity index (χ1n) is 7.92. The summed E-state index contributed by atoms with van der Waals surface area (Å²) in [4.78, 5) is 11.0. The first kappa shape index (κ1) is 20.3. The monoisotopic (exact) mass is 398 g/mol. The van der Waals surface area contributed by atoms with E-state index >= 15 is 0 Å². The van der Waals surface area contributed by atoms with Gasteiger partial charge < -0.3 is 10.1 Å². The first-order chi connectivity index (χ1) is 12.1. The van der Waals surface area contributed by atoms with Crippen LogP contribution in [0.3, 0.4) is 0 Å². The van der Waals surface area contributed by atoms with Crippen molar-refractivity contribution in [2.75, 3.05) is 18.5 Å². The Morgan fingerprint density at radius 3 is 2.58 bits per heavy atom. The summed E-state index contributed by atoms with van der Waals surface area (Å²) in [7, 11) is -3.80. The van der Waals surface area contributed by atoms with E-state index in [4.69, 9.17) is 4.74 Å². The number of carbonyl (C=O) groups excluding carboxylic acids is 1. The van der Waals surface area contributed by atoms with E-state index in [-0.39, 0.29) is 33.9 Å². The Morgan fingerprint density at radius 2 is 1.92 bits per heavy atom. The van der Waals surface area contributed by atoms with E-state index in [9.17, 15) is 13.2 Å². The molecule has 0 saturated carbocycles. The van der Waals surface area contributed by atoms with Gasteiger partial charge in [0.15, 0.2) is 0 Å². The maximum atomic E-state index is 12.2. The van der Waals surface area contributed by atoms with Crippen LogP contribution in [0.15, 0.2) is 28.6 Å². The summed E-state index contributed by atoms with van der Waals surface area (Å²) in [5.74, 6) is 0.382. The number of para-hydroxylation sites is 1. The quantitative estimate of drug-likeness (QED) is 0.546. The van der Waals surface area contributed by atoms with Gasteiger partial charge in [0.25, 0.3) is 10.0 Å². The molecule has 0 radical (unpaired) electrons. The molecule has 0 aliphatic heterocycles. The first-order valence-corrected chi connectivity index (χ1v) is 10.2. The Morgan fingerprint density at radius 1 is 1.23 bits per heavy atom. The van der Waals surface area contributed by atoms with Gasteiger partial charge in [0.05, 0.1) is 0 Å². The van der Waals surface area contributed by atoms with E-state index in [0.717, 1.165) is 22.6 Å². The van der Waals surface area contributed by atoms with Gasteiger partial charge in [-0.3, -0.25) is 4.79 Å². The maximum absolute atomic E-state index is 12.2. The number of sulfonamides is 1. The van der Waals surface area contributed by atoms with E-state index in [1.165, 1.54) is 6.92 Å². The van der Waals surface area contributed by atoms with Crippen molar-refractivity contribution in [2.45, 2.75) is 37.4 Å². The lowest BCUT2D eigenvalue weighted by molar-refractivity contribution is -0.114. The topological polar surface area (TPSA) is 110 Å². The zero-order chi connectivity index (χ0) is 19.4. The number of anilines is 1. The van der Waals surface area contributed by atoms with Crippen LogP contribution in [-0.4, -0.2) is 37.7 Å². The molecule has 2 N–H and O–H groups in total. The van der Waals surface area contributed by atoms with E-state index in [0.29, 0.717) is 0 Å². The predicted molar refractivity (Wildman–Crippen MR) is 100 cm³/mol. The van der Waals surface area contributed by atoms with Crippen LogP contribution in [-0.2, 0) is 20.2 Å². The van der Waals surface area contributed by atoms with Gasteiger partial charge in [-0.1, -0.05) is 50.3 Å². The molecule has 1 amide bonds. The number of rotatable bonds is 7. The molecule has 0 saturated heterocycles. The lowest BCUT2D eigenvalue weighted by atomic mass is 9.86. The van der Waals surface area contributed by atoms with Crippen LogP contribution in [0.4, 0.5) is 5.13 Å². The van der Waals surface area contributed by atoms with Crippen LogP contribution in [0, 0.1) is 0 Å². The molecule has 0 aliphatic carbocycles. The van der Waals surface area contributed by atoms with Gasteiger partial charge in [0.2, 0.25) is 15.4 Å². The van der Waals surface area contributed by atoms with Crippen LogP contribution in [0.1, 0.15) is 33.3 Å². The molecule has 1 heterocycles. The van der Waals surface area contributed by atoms with E-state index < -0.39 is 10.0 Å². The zero-order valence-corrected chi connectivity index (χ0v) is 16.7. The minimum atomic E-state index is -3.80. The number of nitrogens with zero attached hydrogens (tertiary/aromatic N) is 2. The Balaban J connectivity index is 1.94. The molecule has 0 atom stereocenters. The standard InChI is InChI=1S/C16H22N4O4S2/c1-11(21)18-14-19-20-15(25-14)26(22,23)17-9-10-24-13-8-6-5-7-12(13)16(2,3)4/h5-8,17H,9-10H2,1-4H3,(H,18,19,21). The number of aromatic nitrogens is 2. The lowest BCUT2D eigenvalue weighted by Crippen LogP contribution is -2.28. The third kappa shape index (κ3) is 5.48. The highest BCUT2D eigenvalue weighted by atomic mass is 32.2. The molecule has 2 rings (SSSR count). The van der Waals surface area contributed by atoms with Gasteiger partial charge in [0, 0.05) is 13.5 Å². The number of ether oxygens (including phenoxy) is 1.